The van der Waals surface area contributed by atoms with Crippen molar-refractivity contribution in [3.8, 4) is 11.5 Å². The van der Waals surface area contributed by atoms with Gasteiger partial charge >= 0.3 is 0 Å². The van der Waals surface area contributed by atoms with Gasteiger partial charge in [0.15, 0.2) is 0 Å². The zero-order chi connectivity index (χ0) is 22.0. The number of imide groups is 1. The average Bonchev–Trinajstić information content (AvgIpc) is 2.92. The molecule has 2 aromatic rings. The number of benzene rings is 2. The summed E-state index contributed by atoms with van der Waals surface area (Å²) in [6.45, 7) is 4.16. The Labute approximate surface area is 185 Å². The van der Waals surface area contributed by atoms with Crippen molar-refractivity contribution in [2.45, 2.75) is 13.8 Å². The highest BCUT2D eigenvalue weighted by Gasteiger charge is 2.40. The Balaban J connectivity index is 2.13. The van der Waals surface area contributed by atoms with Crippen molar-refractivity contribution < 1.29 is 19.1 Å². The molecule has 0 saturated carbocycles. The highest BCUT2D eigenvalue weighted by molar-refractivity contribution is 6.41. The summed E-state index contributed by atoms with van der Waals surface area (Å²) in [5, 5.41) is 3.80. The standard InChI is InChI=1S/C22H22Cl2N2O4/c1-12(2)11-26-21(27)19(15-7-5-13(23)9-16(15)24)20(22(26)28)25-17-8-6-14(29-3)10-18(17)30-4/h5-10,12,25H,11H2,1-4H3. The van der Waals surface area contributed by atoms with E-state index in [0.717, 1.165) is 0 Å². The highest BCUT2D eigenvalue weighted by Crippen LogP contribution is 2.37. The minimum Gasteiger partial charge on any atom is -0.497 e. The number of rotatable bonds is 7. The topological polar surface area (TPSA) is 67.9 Å². The third-order valence-electron chi connectivity index (χ3n) is 4.58. The molecule has 158 valence electrons. The third-order valence-corrected chi connectivity index (χ3v) is 5.13. The van der Waals surface area contributed by atoms with Gasteiger partial charge < -0.3 is 14.8 Å². The third kappa shape index (κ3) is 4.25. The number of hydrogen-bond acceptors (Lipinski definition) is 5. The molecule has 0 unspecified atom stereocenters. The number of ether oxygens (including phenoxy) is 2. The second-order valence-electron chi connectivity index (χ2n) is 7.18. The number of anilines is 1. The number of amides is 2. The fourth-order valence-electron chi connectivity index (χ4n) is 3.20. The molecule has 0 fully saturated rings. The van der Waals surface area contributed by atoms with E-state index in [1.54, 1.807) is 43.5 Å². The Bertz CT molecular complexity index is 1030. The first kappa shape index (κ1) is 22.0. The first-order chi connectivity index (χ1) is 14.3. The van der Waals surface area contributed by atoms with E-state index in [4.69, 9.17) is 32.7 Å². The maximum atomic E-state index is 13.2. The largest absolute Gasteiger partial charge is 0.497 e. The minimum absolute atomic E-state index is 0.106. The van der Waals surface area contributed by atoms with Gasteiger partial charge in [0.2, 0.25) is 0 Å². The minimum atomic E-state index is -0.424. The zero-order valence-corrected chi connectivity index (χ0v) is 18.6. The normalized spacial score (nSPS) is 14.0. The van der Waals surface area contributed by atoms with Gasteiger partial charge in [-0.25, -0.2) is 0 Å². The maximum absolute atomic E-state index is 13.2. The smallest absolute Gasteiger partial charge is 0.278 e. The fraction of sp³-hybridized carbons (Fsp3) is 0.273. The molecule has 1 aliphatic rings. The Morgan fingerprint density at radius 1 is 1.00 bits per heavy atom. The Morgan fingerprint density at radius 3 is 2.33 bits per heavy atom. The second-order valence-corrected chi connectivity index (χ2v) is 8.02. The van der Waals surface area contributed by atoms with Crippen LogP contribution in [0.15, 0.2) is 42.1 Å². The van der Waals surface area contributed by atoms with Crippen LogP contribution in [0.2, 0.25) is 10.0 Å². The van der Waals surface area contributed by atoms with Crippen LogP contribution in [0.3, 0.4) is 0 Å². The number of hydrogen-bond donors (Lipinski definition) is 1. The fourth-order valence-corrected chi connectivity index (χ4v) is 3.70. The molecule has 0 radical (unpaired) electrons. The summed E-state index contributed by atoms with van der Waals surface area (Å²) in [6.07, 6.45) is 0. The van der Waals surface area contributed by atoms with Crippen LogP contribution in [0.1, 0.15) is 19.4 Å². The lowest BCUT2D eigenvalue weighted by molar-refractivity contribution is -0.137. The molecule has 6 nitrogen and oxygen atoms in total. The van der Waals surface area contributed by atoms with Crippen LogP contribution < -0.4 is 14.8 Å². The number of carbonyl (C=O) groups is 2. The van der Waals surface area contributed by atoms with Gasteiger partial charge in [0.1, 0.15) is 17.2 Å². The SMILES string of the molecule is COc1ccc(NC2=C(c3ccc(Cl)cc3Cl)C(=O)N(CC(C)C)C2=O)c(OC)c1. The number of halogens is 2. The summed E-state index contributed by atoms with van der Waals surface area (Å²) in [7, 11) is 3.06. The van der Waals surface area contributed by atoms with Crippen molar-refractivity contribution in [3.05, 3.63) is 57.7 Å². The molecule has 0 aromatic heterocycles. The molecule has 2 aromatic carbocycles. The molecule has 0 bridgehead atoms. The lowest BCUT2D eigenvalue weighted by Crippen LogP contribution is -2.35. The van der Waals surface area contributed by atoms with E-state index in [-0.39, 0.29) is 28.8 Å². The molecule has 1 N–H and O–H groups in total. The molecule has 2 amide bonds. The molecular weight excluding hydrogens is 427 g/mol. The monoisotopic (exact) mass is 448 g/mol. The van der Waals surface area contributed by atoms with Gasteiger partial charge in [-0.1, -0.05) is 43.1 Å². The molecule has 0 aliphatic carbocycles. The van der Waals surface area contributed by atoms with Gasteiger partial charge in [-0.3, -0.25) is 14.5 Å². The van der Waals surface area contributed by atoms with E-state index in [2.05, 4.69) is 5.32 Å². The van der Waals surface area contributed by atoms with Crippen molar-refractivity contribution in [2.75, 3.05) is 26.1 Å². The maximum Gasteiger partial charge on any atom is 0.278 e. The van der Waals surface area contributed by atoms with E-state index in [0.29, 0.717) is 27.8 Å². The Kier molecular flexibility index (Phi) is 6.58. The van der Waals surface area contributed by atoms with Crippen molar-refractivity contribution in [1.82, 2.24) is 4.90 Å². The van der Waals surface area contributed by atoms with Crippen LogP contribution in [-0.4, -0.2) is 37.5 Å². The van der Waals surface area contributed by atoms with E-state index >= 15 is 0 Å². The molecule has 1 aliphatic heterocycles. The summed E-state index contributed by atoms with van der Waals surface area (Å²) in [5.74, 6) is 0.337. The van der Waals surface area contributed by atoms with Crippen LogP contribution >= 0.6 is 23.2 Å². The predicted molar refractivity (Wildman–Crippen MR) is 118 cm³/mol. The molecule has 0 atom stereocenters. The highest BCUT2D eigenvalue weighted by atomic mass is 35.5. The number of nitrogens with zero attached hydrogens (tertiary/aromatic N) is 1. The molecule has 0 spiro atoms. The van der Waals surface area contributed by atoms with Crippen molar-refractivity contribution in [1.29, 1.82) is 0 Å². The molecular formula is C22H22Cl2N2O4. The molecule has 0 saturated heterocycles. The molecule has 30 heavy (non-hydrogen) atoms. The first-order valence-electron chi connectivity index (χ1n) is 9.31. The van der Waals surface area contributed by atoms with Gasteiger partial charge in [-0.15, -0.1) is 0 Å². The van der Waals surface area contributed by atoms with Gasteiger partial charge in [-0.05, 0) is 30.2 Å². The van der Waals surface area contributed by atoms with Crippen LogP contribution in [0.4, 0.5) is 5.69 Å². The Morgan fingerprint density at radius 2 is 1.73 bits per heavy atom. The van der Waals surface area contributed by atoms with Crippen LogP contribution in [0.25, 0.3) is 5.57 Å². The molecule has 1 heterocycles. The summed E-state index contributed by atoms with van der Waals surface area (Å²) in [6, 6.07) is 9.94. The van der Waals surface area contributed by atoms with E-state index in [9.17, 15) is 9.59 Å². The van der Waals surface area contributed by atoms with Crippen LogP contribution in [0, 0.1) is 5.92 Å². The summed E-state index contributed by atoms with van der Waals surface area (Å²) in [4.78, 5) is 27.6. The number of nitrogens with one attached hydrogen (secondary N) is 1. The van der Waals surface area contributed by atoms with E-state index in [1.807, 2.05) is 13.8 Å². The quantitative estimate of drug-likeness (QED) is 0.612. The average molecular weight is 449 g/mol. The lowest BCUT2D eigenvalue weighted by Gasteiger charge is -2.18. The van der Waals surface area contributed by atoms with Gasteiger partial charge in [0.25, 0.3) is 11.8 Å². The van der Waals surface area contributed by atoms with E-state index < -0.39 is 11.8 Å². The number of carbonyl (C=O) groups excluding carboxylic acids is 2. The molecule has 8 heteroatoms. The predicted octanol–water partition coefficient (Wildman–Crippen LogP) is 4.86. The second kappa shape index (κ2) is 8.98. The zero-order valence-electron chi connectivity index (χ0n) is 17.1. The van der Waals surface area contributed by atoms with Crippen molar-refractivity contribution in [3.63, 3.8) is 0 Å². The summed E-state index contributed by atoms with van der Waals surface area (Å²) >= 11 is 12.4. The van der Waals surface area contributed by atoms with Crippen LogP contribution in [-0.2, 0) is 9.59 Å². The Hall–Kier alpha value is -2.70. The van der Waals surface area contributed by atoms with Crippen molar-refractivity contribution in [2.24, 2.45) is 5.92 Å². The van der Waals surface area contributed by atoms with Gasteiger partial charge in [0.05, 0.1) is 30.5 Å². The first-order valence-corrected chi connectivity index (χ1v) is 10.1. The van der Waals surface area contributed by atoms with Crippen molar-refractivity contribution >= 4 is 46.3 Å². The van der Waals surface area contributed by atoms with E-state index in [1.165, 1.54) is 12.0 Å². The lowest BCUT2D eigenvalue weighted by atomic mass is 10.0. The molecule has 3 rings (SSSR count). The number of methoxy groups -OCH3 is 2. The summed E-state index contributed by atoms with van der Waals surface area (Å²) < 4.78 is 10.6. The van der Waals surface area contributed by atoms with Crippen LogP contribution in [0.5, 0.6) is 11.5 Å². The summed E-state index contributed by atoms with van der Waals surface area (Å²) in [5.41, 5.74) is 1.28. The van der Waals surface area contributed by atoms with Gasteiger partial charge in [0, 0.05) is 23.2 Å². The van der Waals surface area contributed by atoms with Gasteiger partial charge in [-0.2, -0.15) is 0 Å².